The van der Waals surface area contributed by atoms with Crippen LogP contribution in [0.5, 0.6) is 0 Å². The van der Waals surface area contributed by atoms with Crippen molar-refractivity contribution >= 4 is 5.78 Å². The second-order valence-electron chi connectivity index (χ2n) is 3.37. The molecule has 0 aromatic rings. The van der Waals surface area contributed by atoms with Crippen LogP contribution >= 0.6 is 0 Å². The lowest BCUT2D eigenvalue weighted by molar-refractivity contribution is -0.113. The molecule has 3 nitrogen and oxygen atoms in total. The summed E-state index contributed by atoms with van der Waals surface area (Å²) in [5.74, 6) is 5.65. The molecule has 0 N–H and O–H groups in total. The summed E-state index contributed by atoms with van der Waals surface area (Å²) < 4.78 is 5.24. The molecular weight excluding hydrogens is 178 g/mol. The molecule has 0 radical (unpaired) electrons. The van der Waals surface area contributed by atoms with Crippen molar-refractivity contribution < 1.29 is 9.53 Å². The molecule has 0 amide bonds. The van der Waals surface area contributed by atoms with Crippen molar-refractivity contribution in [2.24, 2.45) is 0 Å². The van der Waals surface area contributed by atoms with Gasteiger partial charge in [0.25, 0.3) is 0 Å². The van der Waals surface area contributed by atoms with Crippen LogP contribution in [0.2, 0.25) is 0 Å². The molecule has 0 bridgehead atoms. The Hall–Kier alpha value is -0.850. The van der Waals surface area contributed by atoms with Crippen molar-refractivity contribution in [3.63, 3.8) is 0 Å². The normalized spacial score (nSPS) is 19.6. The molecule has 1 rings (SSSR count). The van der Waals surface area contributed by atoms with Gasteiger partial charge in [-0.2, -0.15) is 0 Å². The Morgan fingerprint density at radius 1 is 1.50 bits per heavy atom. The van der Waals surface area contributed by atoms with E-state index in [1.807, 2.05) is 13.8 Å². The number of carbonyl (C=O) groups is 1. The van der Waals surface area contributed by atoms with Gasteiger partial charge in [-0.3, -0.25) is 9.69 Å². The minimum absolute atomic E-state index is 0.0186. The van der Waals surface area contributed by atoms with Gasteiger partial charge in [-0.05, 0) is 12.8 Å². The fraction of sp³-hybridized carbons (Fsp3) is 0.727. The largest absolute Gasteiger partial charge is 0.379 e. The first kappa shape index (κ1) is 11.2. The van der Waals surface area contributed by atoms with Gasteiger partial charge >= 0.3 is 0 Å². The highest BCUT2D eigenvalue weighted by molar-refractivity contribution is 5.95. The van der Waals surface area contributed by atoms with E-state index in [9.17, 15) is 4.79 Å². The minimum atomic E-state index is 0.0186. The molecular formula is C11H17NO2. The van der Waals surface area contributed by atoms with E-state index >= 15 is 0 Å². The number of hydrogen-bond acceptors (Lipinski definition) is 3. The molecule has 1 heterocycles. The molecule has 0 aliphatic carbocycles. The van der Waals surface area contributed by atoms with Gasteiger partial charge in [0.05, 0.1) is 19.3 Å². The van der Waals surface area contributed by atoms with Crippen molar-refractivity contribution in [2.45, 2.75) is 26.3 Å². The summed E-state index contributed by atoms with van der Waals surface area (Å²) in [6, 6.07) is 0.161. The molecule has 1 atom stereocenters. The van der Waals surface area contributed by atoms with Crippen LogP contribution in [0, 0.1) is 11.8 Å². The smallest absolute Gasteiger partial charge is 0.205 e. The van der Waals surface area contributed by atoms with Crippen LogP contribution in [-0.4, -0.2) is 43.0 Å². The number of Topliss-reactive ketones (excluding diaryl/α,β-unsaturated/α-hetero) is 1. The first-order valence-electron chi connectivity index (χ1n) is 5.10. The molecule has 3 heteroatoms. The summed E-state index contributed by atoms with van der Waals surface area (Å²) in [4.78, 5) is 13.2. The maximum Gasteiger partial charge on any atom is 0.205 e. The standard InChI is InChI=1S/C11H17NO2/c1-3-11(13)5-4-10(2)12-6-8-14-9-7-12/h10H,3,6-9H2,1-2H3. The van der Waals surface area contributed by atoms with Gasteiger partial charge in [-0.1, -0.05) is 12.8 Å². The number of carbonyl (C=O) groups excluding carboxylic acids is 1. The summed E-state index contributed by atoms with van der Waals surface area (Å²) >= 11 is 0. The monoisotopic (exact) mass is 195 g/mol. The molecule has 78 valence electrons. The Kier molecular flexibility index (Phi) is 4.64. The van der Waals surface area contributed by atoms with Crippen molar-refractivity contribution in [2.75, 3.05) is 26.3 Å². The molecule has 0 aromatic carbocycles. The lowest BCUT2D eigenvalue weighted by atomic mass is 10.2. The fourth-order valence-corrected chi connectivity index (χ4v) is 1.33. The van der Waals surface area contributed by atoms with Gasteiger partial charge in [0.2, 0.25) is 5.78 Å². The van der Waals surface area contributed by atoms with Gasteiger partial charge in [-0.25, -0.2) is 0 Å². The predicted molar refractivity (Wildman–Crippen MR) is 54.9 cm³/mol. The number of hydrogen-bond donors (Lipinski definition) is 0. The zero-order valence-electron chi connectivity index (χ0n) is 8.88. The average Bonchev–Trinajstić information content (AvgIpc) is 2.26. The highest BCUT2D eigenvalue weighted by Gasteiger charge is 2.14. The zero-order chi connectivity index (χ0) is 10.4. The van der Waals surface area contributed by atoms with E-state index < -0.39 is 0 Å². The Labute approximate surface area is 85.4 Å². The molecule has 0 spiro atoms. The zero-order valence-corrected chi connectivity index (χ0v) is 8.88. The van der Waals surface area contributed by atoms with Crippen LogP contribution in [0.1, 0.15) is 20.3 Å². The third-order valence-corrected chi connectivity index (χ3v) is 2.33. The van der Waals surface area contributed by atoms with E-state index in [1.165, 1.54) is 0 Å². The van der Waals surface area contributed by atoms with Crippen LogP contribution in [0.3, 0.4) is 0 Å². The SMILES string of the molecule is CCC(=O)C#CC(C)N1CCOCC1. The van der Waals surface area contributed by atoms with Crippen molar-refractivity contribution in [3.05, 3.63) is 0 Å². The highest BCUT2D eigenvalue weighted by Crippen LogP contribution is 2.02. The molecule has 0 saturated carbocycles. The Balaban J connectivity index is 2.42. The summed E-state index contributed by atoms with van der Waals surface area (Å²) in [5.41, 5.74) is 0. The lowest BCUT2D eigenvalue weighted by Gasteiger charge is -2.29. The topological polar surface area (TPSA) is 29.5 Å². The van der Waals surface area contributed by atoms with E-state index in [2.05, 4.69) is 16.7 Å². The Morgan fingerprint density at radius 2 is 2.14 bits per heavy atom. The number of ketones is 1. The molecule has 14 heavy (non-hydrogen) atoms. The number of ether oxygens (including phenoxy) is 1. The van der Waals surface area contributed by atoms with Crippen molar-refractivity contribution in [1.82, 2.24) is 4.90 Å². The van der Waals surface area contributed by atoms with Gasteiger partial charge in [0.15, 0.2) is 0 Å². The molecule has 1 aliphatic heterocycles. The summed E-state index contributed by atoms with van der Waals surface area (Å²) in [7, 11) is 0. The number of rotatable bonds is 2. The van der Waals surface area contributed by atoms with Crippen LogP contribution < -0.4 is 0 Å². The number of nitrogens with zero attached hydrogens (tertiary/aromatic N) is 1. The second kappa shape index (κ2) is 5.79. The van der Waals surface area contributed by atoms with E-state index in [4.69, 9.17) is 4.74 Å². The Morgan fingerprint density at radius 3 is 2.71 bits per heavy atom. The molecule has 0 aromatic heterocycles. The van der Waals surface area contributed by atoms with Crippen LogP contribution in [0.15, 0.2) is 0 Å². The van der Waals surface area contributed by atoms with E-state index in [0.29, 0.717) is 6.42 Å². The van der Waals surface area contributed by atoms with E-state index in [-0.39, 0.29) is 11.8 Å². The predicted octanol–water partition coefficient (Wildman–Crippen LogP) is 0.690. The minimum Gasteiger partial charge on any atom is -0.379 e. The molecule has 1 fully saturated rings. The number of morpholine rings is 1. The highest BCUT2D eigenvalue weighted by atomic mass is 16.5. The Bertz CT molecular complexity index is 246. The molecule has 1 unspecified atom stereocenters. The van der Waals surface area contributed by atoms with Gasteiger partial charge in [0.1, 0.15) is 0 Å². The van der Waals surface area contributed by atoms with Crippen LogP contribution in [0.4, 0.5) is 0 Å². The average molecular weight is 195 g/mol. The second-order valence-corrected chi connectivity index (χ2v) is 3.37. The summed E-state index contributed by atoms with van der Waals surface area (Å²) in [5, 5.41) is 0. The summed E-state index contributed by atoms with van der Waals surface area (Å²) in [6.07, 6.45) is 0.503. The van der Waals surface area contributed by atoms with Crippen LogP contribution in [-0.2, 0) is 9.53 Å². The summed E-state index contributed by atoms with van der Waals surface area (Å²) in [6.45, 7) is 7.23. The molecule has 1 aliphatic rings. The van der Waals surface area contributed by atoms with Crippen LogP contribution in [0.25, 0.3) is 0 Å². The van der Waals surface area contributed by atoms with Gasteiger partial charge in [0, 0.05) is 19.5 Å². The fourth-order valence-electron chi connectivity index (χ4n) is 1.33. The van der Waals surface area contributed by atoms with E-state index in [1.54, 1.807) is 0 Å². The van der Waals surface area contributed by atoms with Crippen molar-refractivity contribution in [1.29, 1.82) is 0 Å². The third kappa shape index (κ3) is 3.49. The van der Waals surface area contributed by atoms with Gasteiger partial charge in [-0.15, -0.1) is 0 Å². The van der Waals surface area contributed by atoms with Crippen molar-refractivity contribution in [3.8, 4) is 11.8 Å². The van der Waals surface area contributed by atoms with Gasteiger partial charge < -0.3 is 4.74 Å². The first-order chi connectivity index (χ1) is 6.74. The molecule has 1 saturated heterocycles. The third-order valence-electron chi connectivity index (χ3n) is 2.33. The lowest BCUT2D eigenvalue weighted by Crippen LogP contribution is -2.41. The van der Waals surface area contributed by atoms with E-state index in [0.717, 1.165) is 26.3 Å². The first-order valence-corrected chi connectivity index (χ1v) is 5.10. The maximum atomic E-state index is 11.0. The maximum absolute atomic E-state index is 11.0. The quantitative estimate of drug-likeness (QED) is 0.479.